The summed E-state index contributed by atoms with van der Waals surface area (Å²) in [4.78, 5) is 4.75. The molecule has 3 nitrogen and oxygen atoms in total. The number of rotatable bonds is 4. The van der Waals surface area contributed by atoms with Gasteiger partial charge in [0.05, 0.1) is 6.10 Å². The van der Waals surface area contributed by atoms with Crippen LogP contribution < -0.4 is 0 Å². The predicted molar refractivity (Wildman–Crippen MR) is 79.1 cm³/mol. The van der Waals surface area contributed by atoms with Crippen LogP contribution >= 0.6 is 0 Å². The van der Waals surface area contributed by atoms with Gasteiger partial charge in [-0.15, -0.1) is 0 Å². The van der Waals surface area contributed by atoms with E-state index in [1.807, 2.05) is 0 Å². The lowest BCUT2D eigenvalue weighted by atomic mass is 9.99. The monoisotopic (exact) mass is 280 g/mol. The number of halogens is 1. The normalized spacial score (nSPS) is 21.9. The zero-order valence-corrected chi connectivity index (χ0v) is 12.6. The molecule has 1 unspecified atom stereocenters. The van der Waals surface area contributed by atoms with Crippen molar-refractivity contribution in [3.8, 4) is 0 Å². The summed E-state index contributed by atoms with van der Waals surface area (Å²) in [5, 5.41) is 10.2. The van der Waals surface area contributed by atoms with Gasteiger partial charge >= 0.3 is 0 Å². The molecule has 20 heavy (non-hydrogen) atoms. The highest BCUT2D eigenvalue weighted by atomic mass is 19.1. The third kappa shape index (κ3) is 3.78. The molecule has 1 aromatic carbocycles. The molecule has 0 aromatic heterocycles. The molecule has 1 aromatic rings. The Morgan fingerprint density at radius 3 is 2.75 bits per heavy atom. The van der Waals surface area contributed by atoms with Crippen LogP contribution in [-0.4, -0.2) is 53.7 Å². The quantitative estimate of drug-likeness (QED) is 0.916. The highest BCUT2D eigenvalue weighted by Gasteiger charge is 2.30. The second kappa shape index (κ2) is 6.20. The number of aliphatic hydroxyl groups is 1. The Kier molecular flexibility index (Phi) is 4.78. The summed E-state index contributed by atoms with van der Waals surface area (Å²) in [6.07, 6.45) is 0.0527. The maximum absolute atomic E-state index is 13.1. The first-order valence-corrected chi connectivity index (χ1v) is 7.25. The molecular weight excluding hydrogens is 255 g/mol. The lowest BCUT2D eigenvalue weighted by molar-refractivity contribution is 0.0313. The summed E-state index contributed by atoms with van der Waals surface area (Å²) < 4.78 is 13.1. The Morgan fingerprint density at radius 2 is 2.10 bits per heavy atom. The number of piperazine rings is 1. The molecule has 4 heteroatoms. The van der Waals surface area contributed by atoms with E-state index in [-0.39, 0.29) is 11.4 Å². The summed E-state index contributed by atoms with van der Waals surface area (Å²) in [6.45, 7) is 8.39. The molecule has 1 atom stereocenters. The Hall–Kier alpha value is -0.970. The number of aliphatic hydroxyl groups excluding tert-OH is 1. The van der Waals surface area contributed by atoms with E-state index in [2.05, 4.69) is 30.7 Å². The molecule has 112 valence electrons. The molecule has 2 rings (SSSR count). The van der Waals surface area contributed by atoms with Gasteiger partial charge in [-0.1, -0.05) is 12.1 Å². The van der Waals surface area contributed by atoms with E-state index >= 15 is 0 Å². The Morgan fingerprint density at radius 1 is 1.35 bits per heavy atom. The summed E-state index contributed by atoms with van der Waals surface area (Å²) in [6, 6.07) is 6.24. The first kappa shape index (κ1) is 15.4. The van der Waals surface area contributed by atoms with E-state index in [0.29, 0.717) is 12.0 Å². The zero-order valence-electron chi connectivity index (χ0n) is 12.6. The van der Waals surface area contributed by atoms with Crippen molar-refractivity contribution in [1.29, 1.82) is 0 Å². The van der Waals surface area contributed by atoms with Crippen molar-refractivity contribution in [2.75, 3.05) is 33.2 Å². The molecular formula is C16H25FN2O. The third-order valence-electron chi connectivity index (χ3n) is 4.35. The molecule has 0 amide bonds. The lowest BCUT2D eigenvalue weighted by Crippen LogP contribution is -2.57. The number of nitrogens with zero attached hydrogens (tertiary/aromatic N) is 2. The van der Waals surface area contributed by atoms with Crippen LogP contribution in [0.15, 0.2) is 24.3 Å². The van der Waals surface area contributed by atoms with Gasteiger partial charge < -0.3 is 10.0 Å². The molecule has 1 heterocycles. The van der Waals surface area contributed by atoms with Gasteiger partial charge in [-0.05, 0) is 45.0 Å². The molecule has 0 radical (unpaired) electrons. The van der Waals surface area contributed by atoms with Gasteiger partial charge in [0, 0.05) is 31.7 Å². The number of benzene rings is 1. The number of hydrogen-bond acceptors (Lipinski definition) is 3. The minimum Gasteiger partial charge on any atom is -0.388 e. The predicted octanol–water partition coefficient (Wildman–Crippen LogP) is 2.28. The van der Waals surface area contributed by atoms with Gasteiger partial charge in [-0.25, -0.2) is 4.39 Å². The van der Waals surface area contributed by atoms with E-state index in [1.54, 1.807) is 12.1 Å². The van der Waals surface area contributed by atoms with Crippen LogP contribution in [-0.2, 0) is 0 Å². The smallest absolute Gasteiger partial charge is 0.123 e. The molecule has 0 bridgehead atoms. The van der Waals surface area contributed by atoms with Crippen molar-refractivity contribution in [2.24, 2.45) is 0 Å². The largest absolute Gasteiger partial charge is 0.388 e. The Bertz CT molecular complexity index is 450. The molecule has 0 aliphatic carbocycles. The highest BCUT2D eigenvalue weighted by molar-refractivity contribution is 5.18. The van der Waals surface area contributed by atoms with Crippen LogP contribution in [0.2, 0.25) is 0 Å². The summed E-state index contributed by atoms with van der Waals surface area (Å²) in [5.41, 5.74) is 0.834. The van der Waals surface area contributed by atoms with Gasteiger partial charge in [0.2, 0.25) is 0 Å². The molecule has 1 aliphatic rings. The second-order valence-electron chi connectivity index (χ2n) is 6.37. The van der Waals surface area contributed by atoms with E-state index < -0.39 is 6.10 Å². The van der Waals surface area contributed by atoms with E-state index in [0.717, 1.165) is 26.2 Å². The average Bonchev–Trinajstić information content (AvgIpc) is 2.39. The van der Waals surface area contributed by atoms with E-state index in [4.69, 9.17) is 0 Å². The summed E-state index contributed by atoms with van der Waals surface area (Å²) >= 11 is 0. The number of likely N-dealkylation sites (N-methyl/N-ethyl adjacent to an activating group) is 1. The average molecular weight is 280 g/mol. The van der Waals surface area contributed by atoms with Crippen LogP contribution in [0.3, 0.4) is 0 Å². The summed E-state index contributed by atoms with van der Waals surface area (Å²) in [5.74, 6) is -0.290. The lowest BCUT2D eigenvalue weighted by Gasteiger charge is -2.45. The van der Waals surface area contributed by atoms with Crippen molar-refractivity contribution in [1.82, 2.24) is 9.80 Å². The fourth-order valence-corrected chi connectivity index (χ4v) is 2.72. The van der Waals surface area contributed by atoms with Crippen LogP contribution in [0.4, 0.5) is 4.39 Å². The second-order valence-corrected chi connectivity index (χ2v) is 6.37. The first-order valence-electron chi connectivity index (χ1n) is 7.25. The van der Waals surface area contributed by atoms with Gasteiger partial charge in [0.1, 0.15) is 5.82 Å². The van der Waals surface area contributed by atoms with Crippen molar-refractivity contribution in [3.05, 3.63) is 35.6 Å². The topological polar surface area (TPSA) is 26.7 Å². The van der Waals surface area contributed by atoms with Crippen LogP contribution in [0, 0.1) is 5.82 Å². The zero-order chi connectivity index (χ0) is 14.8. The highest BCUT2D eigenvalue weighted by Crippen LogP contribution is 2.22. The molecule has 1 fully saturated rings. The minimum absolute atomic E-state index is 0.169. The van der Waals surface area contributed by atoms with Crippen molar-refractivity contribution in [2.45, 2.75) is 31.9 Å². The molecule has 0 spiro atoms. The fraction of sp³-hybridized carbons (Fsp3) is 0.625. The molecule has 1 aliphatic heterocycles. The SMILES string of the molecule is CN1CCN(CCC(O)c2cccc(F)c2)CC1(C)C. The maximum atomic E-state index is 13.1. The van der Waals surface area contributed by atoms with Crippen LogP contribution in [0.5, 0.6) is 0 Å². The van der Waals surface area contributed by atoms with Crippen LogP contribution in [0.1, 0.15) is 31.9 Å². The molecule has 0 saturated carbocycles. The molecule has 1 saturated heterocycles. The van der Waals surface area contributed by atoms with Crippen LogP contribution in [0.25, 0.3) is 0 Å². The fourth-order valence-electron chi connectivity index (χ4n) is 2.72. The Balaban J connectivity index is 1.86. The van der Waals surface area contributed by atoms with E-state index in [1.165, 1.54) is 12.1 Å². The number of hydrogen-bond donors (Lipinski definition) is 1. The van der Waals surface area contributed by atoms with Crippen molar-refractivity contribution in [3.63, 3.8) is 0 Å². The van der Waals surface area contributed by atoms with Gasteiger partial charge in [0.15, 0.2) is 0 Å². The standard InChI is InChI=1S/C16H25FN2O/c1-16(2)12-19(10-9-18(16)3)8-7-15(20)13-5-4-6-14(17)11-13/h4-6,11,15,20H,7-10,12H2,1-3H3. The third-order valence-corrected chi connectivity index (χ3v) is 4.35. The minimum atomic E-state index is -0.589. The Labute approximate surface area is 121 Å². The van der Waals surface area contributed by atoms with Crippen molar-refractivity contribution < 1.29 is 9.50 Å². The molecule has 1 N–H and O–H groups in total. The summed E-state index contributed by atoms with van der Waals surface area (Å²) in [7, 11) is 2.15. The first-order chi connectivity index (χ1) is 9.38. The maximum Gasteiger partial charge on any atom is 0.123 e. The van der Waals surface area contributed by atoms with Gasteiger partial charge in [0.25, 0.3) is 0 Å². The van der Waals surface area contributed by atoms with E-state index in [9.17, 15) is 9.50 Å². The van der Waals surface area contributed by atoms with Gasteiger partial charge in [-0.3, -0.25) is 4.90 Å². The van der Waals surface area contributed by atoms with Crippen molar-refractivity contribution >= 4 is 0 Å². The van der Waals surface area contributed by atoms with Gasteiger partial charge in [-0.2, -0.15) is 0 Å².